The van der Waals surface area contributed by atoms with Crippen molar-refractivity contribution in [1.29, 1.82) is 0 Å². The van der Waals surface area contributed by atoms with Crippen molar-refractivity contribution < 1.29 is 18.7 Å². The normalized spacial score (nSPS) is 12.8. The summed E-state index contributed by atoms with van der Waals surface area (Å²) in [6.07, 6.45) is 1.27. The first kappa shape index (κ1) is 14.8. The van der Waals surface area contributed by atoms with Gasteiger partial charge in [0.1, 0.15) is 13.2 Å². The number of benzene rings is 1. The van der Waals surface area contributed by atoms with E-state index in [1.165, 1.54) is 6.39 Å². The van der Waals surface area contributed by atoms with Crippen LogP contribution in [0.15, 0.2) is 46.5 Å². The molecule has 3 aromatic rings. The van der Waals surface area contributed by atoms with Crippen LogP contribution in [0.1, 0.15) is 15.4 Å². The minimum Gasteiger partial charge on any atom is -0.486 e. The Labute approximate surface area is 142 Å². The van der Waals surface area contributed by atoms with Crippen molar-refractivity contribution in [3.8, 4) is 22.8 Å². The molecular formula is C17H14N2O4S. The van der Waals surface area contributed by atoms with E-state index in [2.05, 4.69) is 10.3 Å². The van der Waals surface area contributed by atoms with Gasteiger partial charge in [0.25, 0.3) is 5.91 Å². The topological polar surface area (TPSA) is 73.6 Å². The minimum absolute atomic E-state index is 0.253. The number of nitrogens with one attached hydrogen (secondary N) is 1. The van der Waals surface area contributed by atoms with Crippen molar-refractivity contribution in [3.63, 3.8) is 0 Å². The number of amides is 1. The van der Waals surface area contributed by atoms with Gasteiger partial charge in [-0.05, 0) is 29.6 Å². The summed E-state index contributed by atoms with van der Waals surface area (Å²) in [4.78, 5) is 17.5. The molecule has 1 aliphatic rings. The molecule has 2 aromatic heterocycles. The molecule has 6 nitrogen and oxygen atoms in total. The average Bonchev–Trinajstić information content (AvgIpc) is 3.31. The molecule has 0 saturated heterocycles. The molecule has 7 heteroatoms. The average molecular weight is 342 g/mol. The summed E-state index contributed by atoms with van der Waals surface area (Å²) in [6, 6.07) is 9.34. The highest BCUT2D eigenvalue weighted by Gasteiger charge is 2.20. The summed E-state index contributed by atoms with van der Waals surface area (Å²) >= 11 is 1.59. The molecular weight excluding hydrogens is 328 g/mol. The number of aromatic nitrogens is 1. The Morgan fingerprint density at radius 3 is 2.92 bits per heavy atom. The zero-order chi connectivity index (χ0) is 16.4. The quantitative estimate of drug-likeness (QED) is 0.789. The maximum Gasteiger partial charge on any atom is 0.274 e. The number of rotatable bonds is 4. The monoisotopic (exact) mass is 342 g/mol. The minimum atomic E-state index is -0.276. The van der Waals surface area contributed by atoms with E-state index in [-0.39, 0.29) is 11.6 Å². The molecule has 0 unspecified atom stereocenters. The summed E-state index contributed by atoms with van der Waals surface area (Å²) in [6.45, 7) is 1.50. The van der Waals surface area contributed by atoms with Gasteiger partial charge < -0.3 is 19.2 Å². The highest BCUT2D eigenvalue weighted by molar-refractivity contribution is 7.09. The number of thiophene rings is 1. The van der Waals surface area contributed by atoms with E-state index in [1.807, 2.05) is 23.6 Å². The Hall–Kier alpha value is -2.80. The number of hydrogen-bond donors (Lipinski definition) is 1. The van der Waals surface area contributed by atoms with Crippen LogP contribution in [0.25, 0.3) is 11.3 Å². The molecule has 1 aliphatic heterocycles. The molecule has 4 rings (SSSR count). The van der Waals surface area contributed by atoms with Crippen molar-refractivity contribution in [2.45, 2.75) is 6.54 Å². The number of carbonyl (C=O) groups is 1. The summed E-state index contributed by atoms with van der Waals surface area (Å²) in [5.41, 5.74) is 0.973. The first-order valence-electron chi connectivity index (χ1n) is 7.45. The van der Waals surface area contributed by atoms with Gasteiger partial charge in [0.2, 0.25) is 0 Å². The fraction of sp³-hybridized carbons (Fsp3) is 0.176. The van der Waals surface area contributed by atoms with E-state index >= 15 is 0 Å². The molecule has 1 amide bonds. The van der Waals surface area contributed by atoms with Crippen LogP contribution < -0.4 is 14.8 Å². The molecule has 0 atom stereocenters. The van der Waals surface area contributed by atoms with Crippen molar-refractivity contribution in [1.82, 2.24) is 10.3 Å². The van der Waals surface area contributed by atoms with Crippen LogP contribution in [0.5, 0.6) is 11.5 Å². The van der Waals surface area contributed by atoms with Gasteiger partial charge >= 0.3 is 0 Å². The summed E-state index contributed by atoms with van der Waals surface area (Å²) in [5.74, 6) is 1.46. The van der Waals surface area contributed by atoms with Crippen molar-refractivity contribution in [2.75, 3.05) is 13.2 Å². The van der Waals surface area contributed by atoms with Gasteiger partial charge in [-0.25, -0.2) is 4.98 Å². The van der Waals surface area contributed by atoms with E-state index < -0.39 is 0 Å². The van der Waals surface area contributed by atoms with Gasteiger partial charge in [0.15, 0.2) is 29.3 Å². The molecule has 0 fully saturated rings. The van der Waals surface area contributed by atoms with Crippen molar-refractivity contribution in [3.05, 3.63) is 52.7 Å². The lowest BCUT2D eigenvalue weighted by atomic mass is 10.1. The van der Waals surface area contributed by atoms with E-state index in [0.717, 1.165) is 10.4 Å². The van der Waals surface area contributed by atoms with Crippen molar-refractivity contribution >= 4 is 17.2 Å². The van der Waals surface area contributed by atoms with E-state index in [9.17, 15) is 4.79 Å². The predicted octanol–water partition coefficient (Wildman–Crippen LogP) is 3.10. The zero-order valence-electron chi connectivity index (χ0n) is 12.7. The highest BCUT2D eigenvalue weighted by atomic mass is 32.1. The number of fused-ring (bicyclic) bond motifs is 1. The van der Waals surface area contributed by atoms with Crippen LogP contribution in [0.4, 0.5) is 0 Å². The molecule has 1 N–H and O–H groups in total. The highest BCUT2D eigenvalue weighted by Crippen LogP contribution is 2.35. The maximum absolute atomic E-state index is 12.4. The third-order valence-electron chi connectivity index (χ3n) is 3.59. The predicted molar refractivity (Wildman–Crippen MR) is 88.4 cm³/mol. The standard InChI is InChI=1S/C17H14N2O4S/c20-17(18-9-12-2-1-7-24-12)15-16(23-10-19-15)11-3-4-13-14(8-11)22-6-5-21-13/h1-4,7-8,10H,5-6,9H2,(H,18,20). The van der Waals surface area contributed by atoms with Gasteiger partial charge in [-0.1, -0.05) is 6.07 Å². The smallest absolute Gasteiger partial charge is 0.274 e. The van der Waals surface area contributed by atoms with Gasteiger partial charge in [-0.3, -0.25) is 4.79 Å². The van der Waals surface area contributed by atoms with Crippen LogP contribution in [-0.2, 0) is 6.54 Å². The Bertz CT molecular complexity index is 857. The van der Waals surface area contributed by atoms with Gasteiger partial charge in [0, 0.05) is 10.4 Å². The number of oxazole rings is 1. The third-order valence-corrected chi connectivity index (χ3v) is 4.47. The molecule has 1 aromatic carbocycles. The second-order valence-corrected chi connectivity index (χ2v) is 6.18. The van der Waals surface area contributed by atoms with Crippen LogP contribution >= 0.6 is 11.3 Å². The Kier molecular flexibility index (Phi) is 3.92. The van der Waals surface area contributed by atoms with Crippen LogP contribution in [0, 0.1) is 0 Å². The third kappa shape index (κ3) is 2.85. The maximum atomic E-state index is 12.4. The number of hydrogen-bond acceptors (Lipinski definition) is 6. The first-order chi connectivity index (χ1) is 11.8. The molecule has 0 radical (unpaired) electrons. The molecule has 24 heavy (non-hydrogen) atoms. The van der Waals surface area contributed by atoms with Crippen molar-refractivity contribution in [2.24, 2.45) is 0 Å². The number of ether oxygens (including phenoxy) is 2. The molecule has 0 saturated carbocycles. The van der Waals surface area contributed by atoms with Gasteiger partial charge in [0.05, 0.1) is 6.54 Å². The lowest BCUT2D eigenvalue weighted by molar-refractivity contribution is 0.0947. The fourth-order valence-electron chi connectivity index (χ4n) is 2.46. The lowest BCUT2D eigenvalue weighted by Gasteiger charge is -2.18. The van der Waals surface area contributed by atoms with E-state index in [4.69, 9.17) is 13.9 Å². The summed E-state index contributed by atoms with van der Waals surface area (Å²) < 4.78 is 16.5. The van der Waals surface area contributed by atoms with Crippen LogP contribution in [0.2, 0.25) is 0 Å². The number of nitrogens with zero attached hydrogens (tertiary/aromatic N) is 1. The second kappa shape index (κ2) is 6.37. The molecule has 3 heterocycles. The van der Waals surface area contributed by atoms with Crippen LogP contribution in [0.3, 0.4) is 0 Å². The van der Waals surface area contributed by atoms with Gasteiger partial charge in [-0.2, -0.15) is 0 Å². The largest absolute Gasteiger partial charge is 0.486 e. The summed E-state index contributed by atoms with van der Waals surface area (Å²) in [5, 5.41) is 4.82. The zero-order valence-corrected chi connectivity index (χ0v) is 13.5. The molecule has 0 aliphatic carbocycles. The first-order valence-corrected chi connectivity index (χ1v) is 8.33. The Morgan fingerprint density at radius 2 is 2.08 bits per heavy atom. The van der Waals surface area contributed by atoms with E-state index in [1.54, 1.807) is 23.5 Å². The van der Waals surface area contributed by atoms with Crippen LogP contribution in [-0.4, -0.2) is 24.1 Å². The molecule has 0 bridgehead atoms. The fourth-order valence-corrected chi connectivity index (χ4v) is 3.11. The lowest BCUT2D eigenvalue weighted by Crippen LogP contribution is -2.23. The number of carbonyl (C=O) groups excluding carboxylic acids is 1. The Morgan fingerprint density at radius 1 is 1.21 bits per heavy atom. The molecule has 122 valence electrons. The second-order valence-electron chi connectivity index (χ2n) is 5.15. The SMILES string of the molecule is O=C(NCc1cccs1)c1ncoc1-c1ccc2c(c1)OCCO2. The summed E-state index contributed by atoms with van der Waals surface area (Å²) in [7, 11) is 0. The van der Waals surface area contributed by atoms with Gasteiger partial charge in [-0.15, -0.1) is 11.3 Å². The Balaban J connectivity index is 1.57. The van der Waals surface area contributed by atoms with E-state index in [0.29, 0.717) is 37.0 Å². The molecule has 0 spiro atoms.